The SMILES string of the molecule is CC(C)c1cccc(OCCCC(C)(C)CN)c1. The quantitative estimate of drug-likeness (QED) is 0.742. The Hall–Kier alpha value is -1.02. The molecule has 0 spiro atoms. The Kier molecular flexibility index (Phi) is 5.67. The third-order valence-electron chi connectivity index (χ3n) is 3.34. The van der Waals surface area contributed by atoms with Crippen molar-refractivity contribution in [3.8, 4) is 5.75 Å². The van der Waals surface area contributed by atoms with Crippen molar-refractivity contribution >= 4 is 0 Å². The van der Waals surface area contributed by atoms with Gasteiger partial charge in [-0.2, -0.15) is 0 Å². The third-order valence-corrected chi connectivity index (χ3v) is 3.34. The zero-order valence-electron chi connectivity index (χ0n) is 12.2. The van der Waals surface area contributed by atoms with Gasteiger partial charge in [0.25, 0.3) is 0 Å². The van der Waals surface area contributed by atoms with Gasteiger partial charge in [-0.15, -0.1) is 0 Å². The molecule has 1 aromatic rings. The summed E-state index contributed by atoms with van der Waals surface area (Å²) in [6.45, 7) is 10.3. The summed E-state index contributed by atoms with van der Waals surface area (Å²) in [5.41, 5.74) is 7.27. The van der Waals surface area contributed by atoms with Crippen molar-refractivity contribution in [1.29, 1.82) is 0 Å². The van der Waals surface area contributed by atoms with E-state index in [9.17, 15) is 0 Å². The van der Waals surface area contributed by atoms with E-state index in [0.717, 1.165) is 31.7 Å². The molecule has 0 aliphatic carbocycles. The van der Waals surface area contributed by atoms with Crippen LogP contribution in [0.5, 0.6) is 5.75 Å². The van der Waals surface area contributed by atoms with Crippen LogP contribution in [0.15, 0.2) is 24.3 Å². The topological polar surface area (TPSA) is 35.2 Å². The van der Waals surface area contributed by atoms with E-state index >= 15 is 0 Å². The van der Waals surface area contributed by atoms with E-state index in [2.05, 4.69) is 45.9 Å². The van der Waals surface area contributed by atoms with Gasteiger partial charge >= 0.3 is 0 Å². The van der Waals surface area contributed by atoms with Gasteiger partial charge in [0.05, 0.1) is 6.61 Å². The molecule has 0 aliphatic heterocycles. The second kappa shape index (κ2) is 6.79. The molecule has 18 heavy (non-hydrogen) atoms. The summed E-state index contributed by atoms with van der Waals surface area (Å²) in [4.78, 5) is 0. The van der Waals surface area contributed by atoms with Crippen LogP contribution in [0.3, 0.4) is 0 Å². The zero-order chi connectivity index (χ0) is 13.6. The number of nitrogens with two attached hydrogens (primary N) is 1. The molecule has 2 heteroatoms. The predicted molar refractivity (Wildman–Crippen MR) is 78.1 cm³/mol. The average molecular weight is 249 g/mol. The maximum absolute atomic E-state index is 5.80. The van der Waals surface area contributed by atoms with Crippen LogP contribution in [-0.4, -0.2) is 13.2 Å². The Morgan fingerprint density at radius 2 is 2.00 bits per heavy atom. The van der Waals surface area contributed by atoms with Crippen LogP contribution in [0.25, 0.3) is 0 Å². The summed E-state index contributed by atoms with van der Waals surface area (Å²) in [7, 11) is 0. The van der Waals surface area contributed by atoms with Crippen molar-refractivity contribution in [2.24, 2.45) is 11.1 Å². The van der Waals surface area contributed by atoms with E-state index < -0.39 is 0 Å². The van der Waals surface area contributed by atoms with E-state index in [4.69, 9.17) is 10.5 Å². The molecule has 0 saturated heterocycles. The van der Waals surface area contributed by atoms with Crippen LogP contribution in [0.4, 0.5) is 0 Å². The molecule has 0 aliphatic rings. The first-order valence-corrected chi connectivity index (χ1v) is 6.87. The van der Waals surface area contributed by atoms with Gasteiger partial charge in [0, 0.05) is 0 Å². The fourth-order valence-electron chi connectivity index (χ4n) is 1.81. The summed E-state index contributed by atoms with van der Waals surface area (Å²) in [6.07, 6.45) is 2.16. The average Bonchev–Trinajstić information content (AvgIpc) is 2.35. The first-order valence-electron chi connectivity index (χ1n) is 6.87. The molecule has 0 fully saturated rings. The molecular weight excluding hydrogens is 222 g/mol. The molecule has 2 N–H and O–H groups in total. The molecule has 0 aromatic heterocycles. The van der Waals surface area contributed by atoms with Gasteiger partial charge in [0.15, 0.2) is 0 Å². The lowest BCUT2D eigenvalue weighted by atomic mass is 9.88. The van der Waals surface area contributed by atoms with Gasteiger partial charge in [0.2, 0.25) is 0 Å². The molecule has 2 nitrogen and oxygen atoms in total. The monoisotopic (exact) mass is 249 g/mol. The van der Waals surface area contributed by atoms with E-state index in [1.54, 1.807) is 0 Å². The maximum Gasteiger partial charge on any atom is 0.119 e. The Morgan fingerprint density at radius 1 is 1.28 bits per heavy atom. The van der Waals surface area contributed by atoms with Crippen LogP contribution in [-0.2, 0) is 0 Å². The van der Waals surface area contributed by atoms with Crippen LogP contribution in [0.1, 0.15) is 52.0 Å². The van der Waals surface area contributed by atoms with E-state index in [-0.39, 0.29) is 5.41 Å². The van der Waals surface area contributed by atoms with Gasteiger partial charge in [-0.05, 0) is 48.4 Å². The number of benzene rings is 1. The summed E-state index contributed by atoms with van der Waals surface area (Å²) in [5, 5.41) is 0. The second-order valence-electron chi connectivity index (χ2n) is 6.05. The van der Waals surface area contributed by atoms with Gasteiger partial charge in [-0.1, -0.05) is 39.8 Å². The molecule has 0 heterocycles. The highest BCUT2D eigenvalue weighted by atomic mass is 16.5. The van der Waals surface area contributed by atoms with E-state index in [0.29, 0.717) is 5.92 Å². The van der Waals surface area contributed by atoms with Gasteiger partial charge in [-0.3, -0.25) is 0 Å². The number of rotatable bonds is 7. The lowest BCUT2D eigenvalue weighted by Crippen LogP contribution is -2.23. The van der Waals surface area contributed by atoms with Crippen molar-refractivity contribution in [3.05, 3.63) is 29.8 Å². The largest absolute Gasteiger partial charge is 0.494 e. The number of hydrogen-bond donors (Lipinski definition) is 1. The van der Waals surface area contributed by atoms with Gasteiger partial charge in [-0.25, -0.2) is 0 Å². The summed E-state index contributed by atoms with van der Waals surface area (Å²) in [5.74, 6) is 1.52. The molecule has 0 saturated carbocycles. The molecule has 0 unspecified atom stereocenters. The summed E-state index contributed by atoms with van der Waals surface area (Å²) >= 11 is 0. The lowest BCUT2D eigenvalue weighted by molar-refractivity contribution is 0.261. The molecule has 0 radical (unpaired) electrons. The third kappa shape index (κ3) is 5.09. The fourth-order valence-corrected chi connectivity index (χ4v) is 1.81. The van der Waals surface area contributed by atoms with Crippen LogP contribution < -0.4 is 10.5 Å². The highest BCUT2D eigenvalue weighted by molar-refractivity contribution is 5.30. The number of hydrogen-bond acceptors (Lipinski definition) is 2. The van der Waals surface area contributed by atoms with E-state index in [1.165, 1.54) is 5.56 Å². The minimum atomic E-state index is 0.225. The Morgan fingerprint density at radius 3 is 2.61 bits per heavy atom. The minimum Gasteiger partial charge on any atom is -0.494 e. The highest BCUT2D eigenvalue weighted by Crippen LogP contribution is 2.22. The zero-order valence-corrected chi connectivity index (χ0v) is 12.2. The Balaban J connectivity index is 2.38. The highest BCUT2D eigenvalue weighted by Gasteiger charge is 2.14. The smallest absolute Gasteiger partial charge is 0.119 e. The lowest BCUT2D eigenvalue weighted by Gasteiger charge is -2.22. The summed E-state index contributed by atoms with van der Waals surface area (Å²) < 4.78 is 5.80. The molecule has 0 atom stereocenters. The Bertz CT molecular complexity index is 358. The first kappa shape index (κ1) is 15.0. The van der Waals surface area contributed by atoms with Crippen LogP contribution >= 0.6 is 0 Å². The van der Waals surface area contributed by atoms with Crippen molar-refractivity contribution in [3.63, 3.8) is 0 Å². The first-order chi connectivity index (χ1) is 8.44. The van der Waals surface area contributed by atoms with Gasteiger partial charge < -0.3 is 10.5 Å². The van der Waals surface area contributed by atoms with Crippen LogP contribution in [0.2, 0.25) is 0 Å². The Labute approximate surface area is 112 Å². The predicted octanol–water partition coefficient (Wildman–Crippen LogP) is 3.95. The van der Waals surface area contributed by atoms with Gasteiger partial charge in [0.1, 0.15) is 5.75 Å². The summed E-state index contributed by atoms with van der Waals surface area (Å²) in [6, 6.07) is 8.38. The second-order valence-corrected chi connectivity index (χ2v) is 6.05. The van der Waals surface area contributed by atoms with E-state index in [1.807, 2.05) is 6.07 Å². The maximum atomic E-state index is 5.80. The van der Waals surface area contributed by atoms with Crippen molar-refractivity contribution < 1.29 is 4.74 Å². The molecule has 0 amide bonds. The van der Waals surface area contributed by atoms with Crippen molar-refractivity contribution in [2.45, 2.75) is 46.5 Å². The fraction of sp³-hybridized carbons (Fsp3) is 0.625. The van der Waals surface area contributed by atoms with Crippen LogP contribution in [0, 0.1) is 5.41 Å². The molecule has 1 rings (SSSR count). The van der Waals surface area contributed by atoms with Crippen molar-refractivity contribution in [2.75, 3.05) is 13.2 Å². The molecule has 102 valence electrons. The number of ether oxygens (including phenoxy) is 1. The van der Waals surface area contributed by atoms with Crippen molar-refractivity contribution in [1.82, 2.24) is 0 Å². The normalized spacial score (nSPS) is 11.9. The molecular formula is C16H27NO. The standard InChI is InChI=1S/C16H27NO/c1-13(2)14-7-5-8-15(11-14)18-10-6-9-16(3,4)12-17/h5,7-8,11,13H,6,9-10,12,17H2,1-4H3. The molecule has 0 bridgehead atoms. The minimum absolute atomic E-state index is 0.225. The molecule has 1 aromatic carbocycles.